The van der Waals surface area contributed by atoms with Gasteiger partial charge in [0.05, 0.1) is 25.4 Å². The molecule has 26 heavy (non-hydrogen) atoms. The first-order valence-corrected chi connectivity index (χ1v) is 8.85. The molecule has 2 fully saturated rings. The molecule has 2 atom stereocenters. The summed E-state index contributed by atoms with van der Waals surface area (Å²) in [6.07, 6.45) is 2.39. The van der Waals surface area contributed by atoms with Gasteiger partial charge in [-0.15, -0.1) is 0 Å². The van der Waals surface area contributed by atoms with E-state index in [1.54, 1.807) is 24.3 Å². The molecule has 2 aliphatic rings. The lowest BCUT2D eigenvalue weighted by molar-refractivity contribution is -0.135. The second kappa shape index (κ2) is 7.43. The van der Waals surface area contributed by atoms with Gasteiger partial charge in [-0.05, 0) is 25.0 Å². The molecule has 0 aromatic heterocycles. The van der Waals surface area contributed by atoms with Crippen LogP contribution < -0.4 is 9.47 Å². The molecular weight excluding hydrogens is 336 g/mol. The van der Waals surface area contributed by atoms with Gasteiger partial charge in [-0.3, -0.25) is 9.59 Å². The topological polar surface area (TPSA) is 77.7 Å². The van der Waals surface area contributed by atoms with Crippen LogP contribution in [0.4, 0.5) is 0 Å². The van der Waals surface area contributed by atoms with E-state index >= 15 is 0 Å². The van der Waals surface area contributed by atoms with Crippen LogP contribution in [0, 0.1) is 0 Å². The van der Waals surface area contributed by atoms with Gasteiger partial charge >= 0.3 is 11.9 Å². The Balaban J connectivity index is 1.46. The second-order valence-electron chi connectivity index (χ2n) is 6.54. The summed E-state index contributed by atoms with van der Waals surface area (Å²) in [5, 5.41) is 1.47. The first-order valence-electron chi connectivity index (χ1n) is 8.85. The summed E-state index contributed by atoms with van der Waals surface area (Å²) in [6, 6.07) is 10.7. The maximum atomic E-state index is 12.0. The van der Waals surface area contributed by atoms with Gasteiger partial charge in [-0.1, -0.05) is 24.3 Å². The number of fused-ring (bicyclic) bond motifs is 1. The van der Waals surface area contributed by atoms with Gasteiger partial charge in [0.15, 0.2) is 0 Å². The third kappa shape index (κ3) is 4.39. The van der Waals surface area contributed by atoms with Gasteiger partial charge < -0.3 is 18.9 Å². The molecule has 2 unspecified atom stereocenters. The third-order valence-electron chi connectivity index (χ3n) is 4.44. The smallest absolute Gasteiger partial charge is 0.311 e. The summed E-state index contributed by atoms with van der Waals surface area (Å²) in [5.74, 6) is 0.349. The van der Waals surface area contributed by atoms with Crippen LogP contribution in [0.5, 0.6) is 11.5 Å². The Hall–Kier alpha value is -2.44. The fraction of sp³-hybridized carbons (Fsp3) is 0.400. The number of rotatable bonds is 8. The van der Waals surface area contributed by atoms with Crippen LogP contribution in [-0.4, -0.2) is 37.4 Å². The molecule has 136 valence electrons. The van der Waals surface area contributed by atoms with Crippen LogP contribution in [0.15, 0.2) is 36.4 Å². The Bertz CT molecular complexity index is 753. The number of hydrogen-bond donors (Lipinski definition) is 0. The van der Waals surface area contributed by atoms with Gasteiger partial charge in [-0.2, -0.15) is 0 Å². The Labute approximate surface area is 151 Å². The summed E-state index contributed by atoms with van der Waals surface area (Å²) in [7, 11) is 0. The van der Waals surface area contributed by atoms with E-state index in [1.165, 1.54) is 0 Å². The Morgan fingerprint density at radius 3 is 1.62 bits per heavy atom. The number of hydrogen-bond acceptors (Lipinski definition) is 6. The molecule has 6 heteroatoms. The van der Waals surface area contributed by atoms with Gasteiger partial charge in [0.1, 0.15) is 11.5 Å². The monoisotopic (exact) mass is 356 g/mol. The van der Waals surface area contributed by atoms with E-state index in [0.717, 1.165) is 24.0 Å². The summed E-state index contributed by atoms with van der Waals surface area (Å²) in [4.78, 5) is 24.1. The maximum absolute atomic E-state index is 12.0. The van der Waals surface area contributed by atoms with Crippen LogP contribution in [0.25, 0.3) is 10.8 Å². The molecule has 0 amide bonds. The molecular formula is C20H20O6. The fourth-order valence-corrected chi connectivity index (χ4v) is 2.80. The van der Waals surface area contributed by atoms with Gasteiger partial charge in [-0.25, -0.2) is 0 Å². The van der Waals surface area contributed by atoms with Crippen molar-refractivity contribution in [2.24, 2.45) is 0 Å². The van der Waals surface area contributed by atoms with E-state index in [2.05, 4.69) is 0 Å². The molecule has 0 N–H and O–H groups in total. The Kier molecular flexibility index (Phi) is 4.86. The minimum atomic E-state index is -0.292. The zero-order valence-corrected chi connectivity index (χ0v) is 14.3. The highest BCUT2D eigenvalue weighted by Crippen LogP contribution is 2.33. The first-order chi connectivity index (χ1) is 12.7. The van der Waals surface area contributed by atoms with Crippen molar-refractivity contribution in [3.05, 3.63) is 36.4 Å². The normalized spacial score (nSPS) is 20.6. The summed E-state index contributed by atoms with van der Waals surface area (Å²) >= 11 is 0. The van der Waals surface area contributed by atoms with Crippen LogP contribution in [0.3, 0.4) is 0 Å². The number of carbonyl (C=O) groups is 2. The van der Waals surface area contributed by atoms with E-state index < -0.39 is 0 Å². The predicted molar refractivity (Wildman–Crippen MR) is 93.2 cm³/mol. The highest BCUT2D eigenvalue weighted by molar-refractivity contribution is 5.95. The quantitative estimate of drug-likeness (QED) is 0.411. The number of ether oxygens (including phenoxy) is 4. The molecule has 2 aromatic carbocycles. The van der Waals surface area contributed by atoms with E-state index in [4.69, 9.17) is 18.9 Å². The van der Waals surface area contributed by atoms with Crippen LogP contribution in [0.1, 0.15) is 25.7 Å². The molecule has 2 heterocycles. The minimum absolute atomic E-state index is 0.196. The number of epoxide rings is 2. The lowest BCUT2D eigenvalue weighted by Crippen LogP contribution is -2.10. The molecule has 2 aliphatic heterocycles. The molecule has 2 aromatic rings. The average Bonchev–Trinajstić information content (AvgIpc) is 3.54. The molecule has 0 spiro atoms. The average molecular weight is 356 g/mol. The largest absolute Gasteiger partial charge is 0.426 e. The van der Waals surface area contributed by atoms with Crippen molar-refractivity contribution in [3.63, 3.8) is 0 Å². The number of benzene rings is 2. The predicted octanol–water partition coefficient (Wildman–Crippen LogP) is 3.01. The summed E-state index contributed by atoms with van der Waals surface area (Å²) in [5.41, 5.74) is 0. The Morgan fingerprint density at radius 1 is 0.808 bits per heavy atom. The molecule has 2 saturated heterocycles. The molecule has 4 rings (SSSR count). The van der Waals surface area contributed by atoms with E-state index in [1.807, 2.05) is 12.1 Å². The minimum Gasteiger partial charge on any atom is -0.426 e. The van der Waals surface area contributed by atoms with Gasteiger partial charge in [0.2, 0.25) is 0 Å². The van der Waals surface area contributed by atoms with Crippen LogP contribution in [-0.2, 0) is 19.1 Å². The molecule has 6 nitrogen and oxygen atoms in total. The molecule has 0 radical (unpaired) electrons. The lowest BCUT2D eigenvalue weighted by Gasteiger charge is -2.11. The highest BCUT2D eigenvalue weighted by Gasteiger charge is 2.24. The van der Waals surface area contributed by atoms with Crippen molar-refractivity contribution in [1.82, 2.24) is 0 Å². The van der Waals surface area contributed by atoms with Gasteiger partial charge in [0.25, 0.3) is 0 Å². The van der Waals surface area contributed by atoms with Crippen molar-refractivity contribution >= 4 is 22.7 Å². The first kappa shape index (κ1) is 17.0. The zero-order chi connectivity index (χ0) is 17.9. The summed E-state index contributed by atoms with van der Waals surface area (Å²) < 4.78 is 21.2. The highest BCUT2D eigenvalue weighted by atomic mass is 16.6. The zero-order valence-electron chi connectivity index (χ0n) is 14.3. The lowest BCUT2D eigenvalue weighted by atomic mass is 10.1. The van der Waals surface area contributed by atoms with Crippen molar-refractivity contribution in [3.8, 4) is 11.5 Å². The molecule has 0 bridgehead atoms. The number of carbonyl (C=O) groups excluding carboxylic acids is 2. The van der Waals surface area contributed by atoms with Crippen LogP contribution in [0.2, 0.25) is 0 Å². The summed E-state index contributed by atoms with van der Waals surface area (Å²) in [6.45, 7) is 1.45. The van der Waals surface area contributed by atoms with E-state index in [0.29, 0.717) is 37.2 Å². The van der Waals surface area contributed by atoms with E-state index in [9.17, 15) is 9.59 Å². The van der Waals surface area contributed by atoms with E-state index in [-0.39, 0.29) is 24.1 Å². The molecule has 0 saturated carbocycles. The van der Waals surface area contributed by atoms with Crippen molar-refractivity contribution < 1.29 is 28.5 Å². The standard InChI is InChI=1S/C20H20O6/c21-19(9-7-13-11-23-13)25-17-5-1-3-15-16(17)4-2-6-18(15)26-20(22)10-8-14-12-24-14/h1-6,13-14H,7-12H2. The second-order valence-corrected chi connectivity index (χ2v) is 6.54. The van der Waals surface area contributed by atoms with Crippen molar-refractivity contribution in [2.45, 2.75) is 37.9 Å². The van der Waals surface area contributed by atoms with Gasteiger partial charge in [0, 0.05) is 23.6 Å². The fourth-order valence-electron chi connectivity index (χ4n) is 2.80. The third-order valence-corrected chi connectivity index (χ3v) is 4.44. The van der Waals surface area contributed by atoms with Crippen LogP contribution >= 0.6 is 0 Å². The van der Waals surface area contributed by atoms with Crippen molar-refractivity contribution in [2.75, 3.05) is 13.2 Å². The SMILES string of the molecule is O=C(CCC1CO1)Oc1cccc2c(OC(=O)CCC3CO3)cccc12. The number of esters is 2. The Morgan fingerprint density at radius 2 is 1.23 bits per heavy atom. The molecule has 0 aliphatic carbocycles. The maximum Gasteiger partial charge on any atom is 0.311 e. The van der Waals surface area contributed by atoms with Crippen molar-refractivity contribution in [1.29, 1.82) is 0 Å².